The van der Waals surface area contributed by atoms with Crippen LogP contribution in [0, 0.1) is 29.1 Å². The number of likely N-dealkylation sites (tertiary alicyclic amines) is 1. The second kappa shape index (κ2) is 32.2. The smallest absolute Gasteiger partial charge is 0.246 e. The van der Waals surface area contributed by atoms with Crippen LogP contribution < -0.4 is 37.2 Å². The number of β-amino-alcohol motifs (C(OH)–C–C–N with tert-alkyl or cyclic N) is 1. The molecule has 0 aromatic carbocycles. The third-order valence-corrected chi connectivity index (χ3v) is 21.5. The molecule has 18 nitrogen and oxygen atoms in total. The number of thioether (sulfide) groups is 2. The third-order valence-electron chi connectivity index (χ3n) is 17.6. The van der Waals surface area contributed by atoms with Gasteiger partial charge in [0.15, 0.2) is 0 Å². The molecule has 446 valence electrons. The lowest BCUT2D eigenvalue weighted by Gasteiger charge is -2.36. The van der Waals surface area contributed by atoms with Gasteiger partial charge in [-0.05, 0) is 107 Å². The molecule has 6 aliphatic rings. The fourth-order valence-corrected chi connectivity index (χ4v) is 16.3. The average Bonchev–Trinajstić information content (AvgIpc) is 4.30. The molecule has 4 saturated heterocycles. The molecule has 9 atom stereocenters. The Labute approximate surface area is 476 Å². The van der Waals surface area contributed by atoms with Gasteiger partial charge in [-0.1, -0.05) is 91.4 Å². The first-order valence-electron chi connectivity index (χ1n) is 30.4. The van der Waals surface area contributed by atoms with Gasteiger partial charge in [0.2, 0.25) is 45.5 Å². The maximum atomic E-state index is 14.1. The Balaban J connectivity index is 0.781. The molecular weight excluding hydrogens is 1050 g/mol. The monoisotopic (exact) mass is 1150 g/mol. The summed E-state index contributed by atoms with van der Waals surface area (Å²) in [6, 6.07) is -1.44. The molecule has 4 heterocycles. The number of sulfonamides is 1. The largest absolute Gasteiger partial charge is 0.391 e. The summed E-state index contributed by atoms with van der Waals surface area (Å²) >= 11 is 3.72. The summed E-state index contributed by atoms with van der Waals surface area (Å²) in [5.74, 6) is 1.94. The van der Waals surface area contributed by atoms with E-state index < -0.39 is 45.6 Å². The summed E-state index contributed by atoms with van der Waals surface area (Å²) in [5.41, 5.74) is -0.816. The van der Waals surface area contributed by atoms with Crippen molar-refractivity contribution in [3.8, 4) is 0 Å². The molecule has 0 aromatic heterocycles. The molecule has 8 N–H and O–H groups in total. The van der Waals surface area contributed by atoms with E-state index in [0.717, 1.165) is 94.9 Å². The van der Waals surface area contributed by atoms with E-state index in [-0.39, 0.29) is 67.0 Å². The highest BCUT2D eigenvalue weighted by Crippen LogP contribution is 2.39. The molecule has 5 unspecified atom stereocenters. The van der Waals surface area contributed by atoms with Crippen LogP contribution in [0.25, 0.3) is 0 Å². The van der Waals surface area contributed by atoms with E-state index >= 15 is 0 Å². The van der Waals surface area contributed by atoms with Crippen molar-refractivity contribution < 1.29 is 42.3 Å². The van der Waals surface area contributed by atoms with Crippen molar-refractivity contribution in [1.29, 1.82) is 0 Å². The van der Waals surface area contributed by atoms with Crippen LogP contribution in [0.3, 0.4) is 0 Å². The van der Waals surface area contributed by atoms with Gasteiger partial charge in [0.25, 0.3) is 0 Å². The lowest BCUT2D eigenvalue weighted by Crippen LogP contribution is -2.58. The molecule has 2 saturated carbocycles. The standard InChI is InChI=1S/C57H101N9O9S3/c1-39-50(77-38-60-39)42-28-26-40(27-29-42)34-59-54(72)47-33-44(67)36-66(47)55(73)51(57(2,3)4)63-49(69)25-18-13-11-9-7-6-8-10-12-17-24-48(68)58-31-20-19-23-45(61-52(70)43-30-32-65(35-43)78(5,74)75)53(71)64-56-62-46(37-76-56)41-21-15-14-16-22-41/h39-47,50-51,56,60,62,67H,6-38H2,1-5H3,(H,58,68)(H,59,72)(H,61,70)(H,63,69)(H,64,71)/t39?,40?,42?,43?,44-,45+,46?,47+,50?,51-,56?/m1/s1. The van der Waals surface area contributed by atoms with E-state index in [4.69, 9.17) is 0 Å². The SMILES string of the molecule is CC1NCSC1C1CCC(CNC(=O)[C@@H]2C[C@@H](O)CN2C(=O)[C@@H](NC(=O)CCCCCCCCCCCCC(=O)NCCCC[C@H](NC(=O)C2CCN(S(C)(=O)=O)C2)C(=O)NC2NC(C3CCCCC3)CS2)C(C)(C)C)CC1. The lowest BCUT2D eigenvalue weighted by atomic mass is 9.79. The fourth-order valence-electron chi connectivity index (χ4n) is 12.7. The Morgan fingerprint density at radius 2 is 1.38 bits per heavy atom. The molecule has 21 heteroatoms. The summed E-state index contributed by atoms with van der Waals surface area (Å²) in [6.45, 7) is 9.57. The molecule has 6 amide bonds. The lowest BCUT2D eigenvalue weighted by molar-refractivity contribution is -0.144. The van der Waals surface area contributed by atoms with Crippen LogP contribution in [-0.4, -0.2) is 156 Å². The van der Waals surface area contributed by atoms with Crippen LogP contribution in [0.1, 0.15) is 195 Å². The predicted octanol–water partition coefficient (Wildman–Crippen LogP) is 5.87. The van der Waals surface area contributed by atoms with Gasteiger partial charge in [-0.3, -0.25) is 34.1 Å². The van der Waals surface area contributed by atoms with Crippen molar-refractivity contribution in [2.45, 2.75) is 242 Å². The number of aliphatic hydroxyl groups excluding tert-OH is 1. The second-order valence-corrected chi connectivity index (χ2v) is 29.3. The highest BCUT2D eigenvalue weighted by molar-refractivity contribution is 8.00. The minimum Gasteiger partial charge on any atom is -0.391 e. The molecule has 0 bridgehead atoms. The first-order valence-corrected chi connectivity index (χ1v) is 34.3. The van der Waals surface area contributed by atoms with Crippen molar-refractivity contribution in [2.24, 2.45) is 29.1 Å². The highest BCUT2D eigenvalue weighted by Gasteiger charge is 2.45. The summed E-state index contributed by atoms with van der Waals surface area (Å²) in [6.07, 6.45) is 24.2. The molecule has 6 fully saturated rings. The topological polar surface area (TPSA) is 247 Å². The van der Waals surface area contributed by atoms with Gasteiger partial charge in [0.05, 0.1) is 18.3 Å². The number of carbonyl (C=O) groups is 6. The van der Waals surface area contributed by atoms with Crippen molar-refractivity contribution in [3.63, 3.8) is 0 Å². The molecule has 4 aliphatic heterocycles. The third kappa shape index (κ3) is 20.9. The van der Waals surface area contributed by atoms with Crippen molar-refractivity contribution >= 4 is 69.0 Å². The molecule has 0 radical (unpaired) electrons. The van der Waals surface area contributed by atoms with Crippen LogP contribution in [0.2, 0.25) is 0 Å². The molecule has 2 aliphatic carbocycles. The van der Waals surface area contributed by atoms with Gasteiger partial charge >= 0.3 is 0 Å². The molecule has 78 heavy (non-hydrogen) atoms. The summed E-state index contributed by atoms with van der Waals surface area (Å²) in [7, 11) is -3.40. The Bertz CT molecular complexity index is 2040. The van der Waals surface area contributed by atoms with Gasteiger partial charge in [-0.2, -0.15) is 0 Å². The zero-order chi connectivity index (χ0) is 56.2. The highest BCUT2D eigenvalue weighted by atomic mass is 32.2. The van der Waals surface area contributed by atoms with Crippen molar-refractivity contribution in [3.05, 3.63) is 0 Å². The van der Waals surface area contributed by atoms with E-state index in [1.165, 1.54) is 54.2 Å². The molecule has 6 rings (SSSR count). The number of nitrogens with one attached hydrogen (secondary N) is 7. The minimum absolute atomic E-state index is 0.0179. The Hall–Kier alpha value is -2.69. The van der Waals surface area contributed by atoms with E-state index in [0.29, 0.717) is 86.7 Å². The van der Waals surface area contributed by atoms with Crippen LogP contribution >= 0.6 is 23.5 Å². The maximum absolute atomic E-state index is 14.1. The van der Waals surface area contributed by atoms with Gasteiger partial charge < -0.3 is 41.9 Å². The first kappa shape index (κ1) is 64.5. The van der Waals surface area contributed by atoms with Gasteiger partial charge in [-0.25, -0.2) is 12.7 Å². The number of hydrogen-bond acceptors (Lipinski definition) is 13. The quantitative estimate of drug-likeness (QED) is 0.0393. The predicted molar refractivity (Wildman–Crippen MR) is 311 cm³/mol. The van der Waals surface area contributed by atoms with E-state index in [1.807, 2.05) is 32.5 Å². The van der Waals surface area contributed by atoms with Crippen LogP contribution in [0.15, 0.2) is 0 Å². The summed E-state index contributed by atoms with van der Waals surface area (Å²) < 4.78 is 25.5. The number of carbonyl (C=O) groups excluding carboxylic acids is 6. The van der Waals surface area contributed by atoms with Crippen molar-refractivity contribution in [2.75, 3.05) is 50.6 Å². The van der Waals surface area contributed by atoms with Crippen LogP contribution in [-0.2, 0) is 38.8 Å². The Morgan fingerprint density at radius 1 is 0.731 bits per heavy atom. The van der Waals surface area contributed by atoms with Crippen LogP contribution in [0.5, 0.6) is 0 Å². The van der Waals surface area contributed by atoms with Gasteiger partial charge in [0, 0.05) is 80.9 Å². The summed E-state index contributed by atoms with van der Waals surface area (Å²) in [5, 5.41) is 33.7. The van der Waals surface area contributed by atoms with E-state index in [2.05, 4.69) is 44.1 Å². The van der Waals surface area contributed by atoms with E-state index in [9.17, 15) is 42.3 Å². The van der Waals surface area contributed by atoms with E-state index in [1.54, 1.807) is 11.8 Å². The maximum Gasteiger partial charge on any atom is 0.246 e. The minimum atomic E-state index is -3.40. The van der Waals surface area contributed by atoms with Gasteiger partial charge in [-0.15, -0.1) is 23.5 Å². The first-order chi connectivity index (χ1) is 37.3. The number of rotatable bonds is 30. The second-order valence-electron chi connectivity index (χ2n) is 25.0. The number of amides is 6. The normalized spacial score (nSPS) is 28.0. The number of hydrogen-bond donors (Lipinski definition) is 8. The average molecular weight is 1150 g/mol. The Morgan fingerprint density at radius 3 is 2.00 bits per heavy atom. The molecule has 0 aromatic rings. The number of aliphatic hydroxyl groups is 1. The zero-order valence-electron chi connectivity index (χ0n) is 48.1. The molecule has 0 spiro atoms. The molecular formula is C57H101N9O9S3. The number of unbranched alkanes of at least 4 members (excludes halogenated alkanes) is 10. The van der Waals surface area contributed by atoms with Gasteiger partial charge in [0.1, 0.15) is 23.6 Å². The van der Waals surface area contributed by atoms with Crippen molar-refractivity contribution in [1.82, 2.24) is 46.4 Å². The fraction of sp³-hybridized carbons (Fsp3) is 0.895. The summed E-state index contributed by atoms with van der Waals surface area (Å²) in [4.78, 5) is 81.9. The van der Waals surface area contributed by atoms with Crippen LogP contribution in [0.4, 0.5) is 0 Å². The Kier molecular flexibility index (Phi) is 26.6. The zero-order valence-corrected chi connectivity index (χ0v) is 50.5. The number of nitrogens with zero attached hydrogens (tertiary/aromatic N) is 2.